The Morgan fingerprint density at radius 2 is 1.64 bits per heavy atom. The number of benzene rings is 2. The van der Waals surface area contributed by atoms with Crippen LogP contribution in [0.25, 0.3) is 0 Å². The van der Waals surface area contributed by atoms with Crippen molar-refractivity contribution in [1.82, 2.24) is 4.68 Å². The number of hydrogen-bond donors (Lipinski definition) is 2. The smallest absolute Gasteiger partial charge is 0.270 e. The van der Waals surface area contributed by atoms with Gasteiger partial charge in [-0.2, -0.15) is 0 Å². The molecular formula is C25H25ClN4O3. The summed E-state index contributed by atoms with van der Waals surface area (Å²) in [6.45, 7) is 5.97. The van der Waals surface area contributed by atoms with E-state index in [1.165, 1.54) is 0 Å². The second-order valence-corrected chi connectivity index (χ2v) is 8.66. The van der Waals surface area contributed by atoms with Crippen LogP contribution in [0.2, 0.25) is 5.02 Å². The number of amides is 3. The number of halogens is 1. The van der Waals surface area contributed by atoms with E-state index < -0.39 is 5.92 Å². The summed E-state index contributed by atoms with van der Waals surface area (Å²) >= 11 is 6.19. The van der Waals surface area contributed by atoms with Gasteiger partial charge in [-0.05, 0) is 74.9 Å². The van der Waals surface area contributed by atoms with Gasteiger partial charge >= 0.3 is 0 Å². The molecule has 0 saturated carbocycles. The van der Waals surface area contributed by atoms with E-state index in [9.17, 15) is 14.4 Å². The van der Waals surface area contributed by atoms with Crippen LogP contribution in [0.4, 0.5) is 11.4 Å². The molecule has 0 aliphatic carbocycles. The van der Waals surface area contributed by atoms with Gasteiger partial charge in [0.1, 0.15) is 0 Å². The maximum Gasteiger partial charge on any atom is 0.270 e. The van der Waals surface area contributed by atoms with Crippen molar-refractivity contribution < 1.29 is 14.4 Å². The Kier molecular flexibility index (Phi) is 6.24. The molecule has 4 rings (SSSR count). The van der Waals surface area contributed by atoms with Crippen molar-refractivity contribution in [2.45, 2.75) is 27.2 Å². The van der Waals surface area contributed by atoms with Crippen molar-refractivity contribution in [2.24, 2.45) is 5.92 Å². The molecule has 1 fully saturated rings. The highest BCUT2D eigenvalue weighted by Gasteiger charge is 2.35. The maximum absolute atomic E-state index is 12.8. The zero-order chi connectivity index (χ0) is 23.7. The average Bonchev–Trinajstić information content (AvgIpc) is 3.33. The fraction of sp³-hybridized carbons (Fsp3) is 0.240. The van der Waals surface area contributed by atoms with Gasteiger partial charge in [0, 0.05) is 46.3 Å². The third kappa shape index (κ3) is 4.64. The number of carbonyl (C=O) groups is 3. The Bertz CT molecular complexity index is 1210. The number of hydrogen-bond acceptors (Lipinski definition) is 3. The lowest BCUT2D eigenvalue weighted by atomic mass is 10.1. The normalized spacial score (nSPS) is 15.6. The summed E-state index contributed by atoms with van der Waals surface area (Å²) in [4.78, 5) is 39.5. The van der Waals surface area contributed by atoms with Gasteiger partial charge in [0.25, 0.3) is 5.91 Å². The SMILES string of the molecule is Cc1c(Cl)cccc1N1C[C@H](C(=O)Nc2ccc(C(=O)Nn3c(C)ccc3C)cc2)CC1=O. The predicted molar refractivity (Wildman–Crippen MR) is 129 cm³/mol. The Morgan fingerprint density at radius 3 is 2.30 bits per heavy atom. The first-order valence-corrected chi connectivity index (χ1v) is 11.0. The van der Waals surface area contributed by atoms with Crippen LogP contribution >= 0.6 is 11.6 Å². The van der Waals surface area contributed by atoms with Crippen molar-refractivity contribution in [3.63, 3.8) is 0 Å². The van der Waals surface area contributed by atoms with E-state index in [4.69, 9.17) is 11.6 Å². The summed E-state index contributed by atoms with van der Waals surface area (Å²) in [5, 5.41) is 3.43. The molecule has 33 heavy (non-hydrogen) atoms. The zero-order valence-electron chi connectivity index (χ0n) is 18.7. The van der Waals surface area contributed by atoms with Gasteiger partial charge in [0.15, 0.2) is 0 Å². The molecule has 1 atom stereocenters. The molecular weight excluding hydrogens is 440 g/mol. The molecule has 1 aliphatic rings. The van der Waals surface area contributed by atoms with E-state index in [-0.39, 0.29) is 24.1 Å². The third-order valence-corrected chi connectivity index (χ3v) is 6.33. The van der Waals surface area contributed by atoms with Crippen molar-refractivity contribution in [2.75, 3.05) is 22.2 Å². The molecule has 170 valence electrons. The molecule has 3 aromatic rings. The lowest BCUT2D eigenvalue weighted by Gasteiger charge is -2.19. The fourth-order valence-corrected chi connectivity index (χ4v) is 4.13. The van der Waals surface area contributed by atoms with E-state index in [2.05, 4.69) is 10.7 Å². The van der Waals surface area contributed by atoms with Gasteiger partial charge < -0.3 is 10.2 Å². The van der Waals surface area contributed by atoms with Gasteiger partial charge in [-0.3, -0.25) is 24.5 Å². The van der Waals surface area contributed by atoms with E-state index in [0.29, 0.717) is 22.8 Å². The molecule has 0 radical (unpaired) electrons. The van der Waals surface area contributed by atoms with Crippen molar-refractivity contribution >= 4 is 40.7 Å². The highest BCUT2D eigenvalue weighted by Crippen LogP contribution is 2.31. The zero-order valence-corrected chi connectivity index (χ0v) is 19.4. The first kappa shape index (κ1) is 22.6. The topological polar surface area (TPSA) is 83.4 Å². The summed E-state index contributed by atoms with van der Waals surface area (Å²) in [6, 6.07) is 15.9. The monoisotopic (exact) mass is 464 g/mol. The minimum Gasteiger partial charge on any atom is -0.326 e. The van der Waals surface area contributed by atoms with E-state index >= 15 is 0 Å². The first-order valence-electron chi connectivity index (χ1n) is 10.7. The Morgan fingerprint density at radius 1 is 0.970 bits per heavy atom. The van der Waals surface area contributed by atoms with Crippen LogP contribution in [0.3, 0.4) is 0 Å². The molecule has 2 heterocycles. The number of aryl methyl sites for hydroxylation is 2. The van der Waals surface area contributed by atoms with Crippen LogP contribution in [0, 0.1) is 26.7 Å². The summed E-state index contributed by atoms with van der Waals surface area (Å²) in [6.07, 6.45) is 0.133. The molecule has 0 bridgehead atoms. The highest BCUT2D eigenvalue weighted by atomic mass is 35.5. The lowest BCUT2D eigenvalue weighted by Crippen LogP contribution is -2.28. The summed E-state index contributed by atoms with van der Waals surface area (Å²) in [5.41, 5.74) is 7.29. The fourth-order valence-electron chi connectivity index (χ4n) is 3.96. The first-order chi connectivity index (χ1) is 15.7. The van der Waals surface area contributed by atoms with Crippen molar-refractivity contribution in [3.8, 4) is 0 Å². The minimum absolute atomic E-state index is 0.108. The molecule has 1 saturated heterocycles. The van der Waals surface area contributed by atoms with E-state index in [1.807, 2.05) is 39.0 Å². The lowest BCUT2D eigenvalue weighted by molar-refractivity contribution is -0.122. The quantitative estimate of drug-likeness (QED) is 0.585. The van der Waals surface area contributed by atoms with Gasteiger partial charge in [0.2, 0.25) is 11.8 Å². The van der Waals surface area contributed by atoms with Crippen molar-refractivity contribution in [1.29, 1.82) is 0 Å². The van der Waals surface area contributed by atoms with Crippen LogP contribution in [-0.4, -0.2) is 28.9 Å². The van der Waals surface area contributed by atoms with Crippen LogP contribution in [0.1, 0.15) is 33.7 Å². The molecule has 1 aliphatic heterocycles. The standard InChI is InChI=1S/C25H25ClN4O3/c1-15-7-8-16(2)30(15)28-25(33)18-9-11-20(12-10-18)27-24(32)19-13-23(31)29(14-19)22-6-4-5-21(26)17(22)3/h4-12,19H,13-14H2,1-3H3,(H,27,32)(H,28,33)/t19-/m1/s1. The van der Waals surface area contributed by atoms with Gasteiger partial charge in [-0.25, -0.2) is 0 Å². The van der Waals surface area contributed by atoms with E-state index in [0.717, 1.165) is 22.6 Å². The Hall–Kier alpha value is -3.58. The Labute approximate surface area is 197 Å². The molecule has 7 nitrogen and oxygen atoms in total. The summed E-state index contributed by atoms with van der Waals surface area (Å²) < 4.78 is 1.72. The van der Waals surface area contributed by atoms with E-state index in [1.54, 1.807) is 46.0 Å². The van der Waals surface area contributed by atoms with Crippen LogP contribution in [-0.2, 0) is 9.59 Å². The molecule has 8 heteroatoms. The minimum atomic E-state index is -0.474. The molecule has 2 aromatic carbocycles. The summed E-state index contributed by atoms with van der Waals surface area (Å²) in [7, 11) is 0. The molecule has 3 amide bonds. The van der Waals surface area contributed by atoms with Gasteiger partial charge in [-0.15, -0.1) is 0 Å². The average molecular weight is 465 g/mol. The van der Waals surface area contributed by atoms with Crippen LogP contribution < -0.4 is 15.6 Å². The molecule has 2 N–H and O–H groups in total. The molecule has 1 aromatic heterocycles. The van der Waals surface area contributed by atoms with Crippen LogP contribution in [0.15, 0.2) is 54.6 Å². The largest absolute Gasteiger partial charge is 0.326 e. The van der Waals surface area contributed by atoms with Gasteiger partial charge in [-0.1, -0.05) is 17.7 Å². The second-order valence-electron chi connectivity index (χ2n) is 8.25. The number of rotatable bonds is 5. The predicted octanol–water partition coefficient (Wildman–Crippen LogP) is 4.44. The van der Waals surface area contributed by atoms with Gasteiger partial charge in [0.05, 0.1) is 5.92 Å². The van der Waals surface area contributed by atoms with Crippen molar-refractivity contribution in [3.05, 3.63) is 82.1 Å². The number of nitrogens with zero attached hydrogens (tertiary/aromatic N) is 2. The molecule has 0 spiro atoms. The third-order valence-electron chi connectivity index (χ3n) is 5.92. The number of anilines is 2. The van der Waals surface area contributed by atoms with Crippen LogP contribution in [0.5, 0.6) is 0 Å². The highest BCUT2D eigenvalue weighted by molar-refractivity contribution is 6.31. The number of aromatic nitrogens is 1. The molecule has 0 unspecified atom stereocenters. The number of nitrogens with one attached hydrogen (secondary N) is 2. The second kappa shape index (κ2) is 9.11. The Balaban J connectivity index is 1.39. The maximum atomic E-state index is 12.8. The number of carbonyl (C=O) groups excluding carboxylic acids is 3. The summed E-state index contributed by atoms with van der Waals surface area (Å²) in [5.74, 6) is -1.06.